The number of carbonyl (C=O) groups excluding carboxylic acids is 2. The van der Waals surface area contributed by atoms with E-state index in [0.717, 1.165) is 51.9 Å². The highest BCUT2D eigenvalue weighted by atomic mass is 19.1. The van der Waals surface area contributed by atoms with E-state index in [1.165, 1.54) is 19.2 Å². The zero-order valence-corrected chi connectivity index (χ0v) is 22.1. The number of methoxy groups -OCH3 is 1. The number of rotatable bonds is 10. The molecule has 2 aromatic carbocycles. The highest BCUT2D eigenvalue weighted by Gasteiger charge is 2.21. The molecular weight excluding hydrogens is 507 g/mol. The Morgan fingerprint density at radius 1 is 1.13 bits per heavy atom. The van der Waals surface area contributed by atoms with Gasteiger partial charge >= 0.3 is 6.03 Å². The SMILES string of the molecule is COc1cc2c(Oc3ccc(N(C(C)=O)C(N)=O)cc3F)ccnc2cc1OCCCN1CCC(CO)CC1. The predicted octanol–water partition coefficient (Wildman–Crippen LogP) is 4.08. The number of carbonyl (C=O) groups is 2. The van der Waals surface area contributed by atoms with Crippen molar-refractivity contribution in [2.24, 2.45) is 11.7 Å². The normalized spacial score (nSPS) is 14.3. The number of hydrogen-bond donors (Lipinski definition) is 2. The van der Waals surface area contributed by atoms with Crippen LogP contribution in [-0.2, 0) is 4.79 Å². The lowest BCUT2D eigenvalue weighted by molar-refractivity contribution is -0.115. The van der Waals surface area contributed by atoms with E-state index in [9.17, 15) is 19.1 Å². The average Bonchev–Trinajstić information content (AvgIpc) is 2.92. The number of hydrogen-bond acceptors (Lipinski definition) is 8. The highest BCUT2D eigenvalue weighted by molar-refractivity contribution is 6.12. The van der Waals surface area contributed by atoms with Crippen LogP contribution in [0, 0.1) is 11.7 Å². The Labute approximate surface area is 226 Å². The number of fused-ring (bicyclic) bond motifs is 1. The van der Waals surface area contributed by atoms with Crippen molar-refractivity contribution < 1.29 is 33.3 Å². The summed E-state index contributed by atoms with van der Waals surface area (Å²) in [5, 5.41) is 9.88. The van der Waals surface area contributed by atoms with Crippen LogP contribution in [0.15, 0.2) is 42.6 Å². The third-order valence-corrected chi connectivity index (χ3v) is 6.76. The standard InChI is InChI=1S/C28H33FN4O6/c1-18(35)33(28(30)36)20-4-5-25(22(29)14-20)39-24-6-9-31-23-16-27(26(37-2)15-21(23)24)38-13-3-10-32-11-7-19(17-34)8-12-32/h4-6,9,14-16,19,34H,3,7-8,10-13,17H2,1-2H3,(H2,30,36). The smallest absolute Gasteiger partial charge is 0.326 e. The zero-order valence-electron chi connectivity index (χ0n) is 22.1. The van der Waals surface area contributed by atoms with Crippen molar-refractivity contribution in [3.63, 3.8) is 0 Å². The van der Waals surface area contributed by atoms with Gasteiger partial charge in [-0.25, -0.2) is 14.1 Å². The number of nitrogens with zero attached hydrogens (tertiary/aromatic N) is 3. The largest absolute Gasteiger partial charge is 0.493 e. The number of ether oxygens (including phenoxy) is 3. The van der Waals surface area contributed by atoms with Gasteiger partial charge in [0.2, 0.25) is 5.91 Å². The number of pyridine rings is 1. The number of primary amides is 1. The maximum absolute atomic E-state index is 14.9. The Morgan fingerprint density at radius 3 is 2.54 bits per heavy atom. The van der Waals surface area contributed by atoms with E-state index >= 15 is 0 Å². The number of aromatic nitrogens is 1. The van der Waals surface area contributed by atoms with Crippen molar-refractivity contribution in [2.45, 2.75) is 26.2 Å². The van der Waals surface area contributed by atoms with Gasteiger partial charge in [0, 0.05) is 43.8 Å². The molecule has 0 bridgehead atoms. The first-order valence-corrected chi connectivity index (χ1v) is 12.8. The number of aliphatic hydroxyl groups excluding tert-OH is 1. The Hall–Kier alpha value is -3.96. The molecule has 39 heavy (non-hydrogen) atoms. The minimum atomic E-state index is -1.01. The zero-order chi connectivity index (χ0) is 27.9. The van der Waals surface area contributed by atoms with Crippen molar-refractivity contribution >= 4 is 28.5 Å². The van der Waals surface area contributed by atoms with Crippen LogP contribution in [-0.4, -0.2) is 66.9 Å². The van der Waals surface area contributed by atoms with E-state index in [1.54, 1.807) is 24.4 Å². The summed E-state index contributed by atoms with van der Waals surface area (Å²) in [6, 6.07) is 7.76. The second kappa shape index (κ2) is 12.7. The van der Waals surface area contributed by atoms with Gasteiger partial charge in [0.15, 0.2) is 23.1 Å². The van der Waals surface area contributed by atoms with Crippen LogP contribution in [0.3, 0.4) is 0 Å². The summed E-state index contributed by atoms with van der Waals surface area (Å²) in [5.41, 5.74) is 5.81. The summed E-state index contributed by atoms with van der Waals surface area (Å²) in [5.74, 6) is 0.248. The summed E-state index contributed by atoms with van der Waals surface area (Å²) in [6.45, 7) is 4.80. The number of amides is 3. The van der Waals surface area contributed by atoms with E-state index in [4.69, 9.17) is 19.9 Å². The first kappa shape index (κ1) is 28.1. The molecule has 11 heteroatoms. The van der Waals surface area contributed by atoms with E-state index in [0.29, 0.717) is 45.6 Å². The van der Waals surface area contributed by atoms with Crippen molar-refractivity contribution in [1.29, 1.82) is 0 Å². The van der Waals surface area contributed by atoms with Gasteiger partial charge in [0.05, 0.1) is 24.9 Å². The van der Waals surface area contributed by atoms with E-state index < -0.39 is 17.8 Å². The van der Waals surface area contributed by atoms with Gasteiger partial charge in [0.25, 0.3) is 0 Å². The summed E-state index contributed by atoms with van der Waals surface area (Å²) >= 11 is 0. The number of nitrogens with two attached hydrogens (primary N) is 1. The minimum Gasteiger partial charge on any atom is -0.493 e. The molecule has 0 radical (unpaired) electrons. The van der Waals surface area contributed by atoms with Crippen LogP contribution in [0.5, 0.6) is 23.0 Å². The maximum atomic E-state index is 14.9. The van der Waals surface area contributed by atoms with E-state index in [2.05, 4.69) is 9.88 Å². The second-order valence-corrected chi connectivity index (χ2v) is 9.41. The van der Waals surface area contributed by atoms with Crippen LogP contribution in [0.4, 0.5) is 14.9 Å². The molecule has 1 saturated heterocycles. The van der Waals surface area contributed by atoms with Crippen LogP contribution in [0.1, 0.15) is 26.2 Å². The third kappa shape index (κ3) is 6.73. The molecule has 2 heterocycles. The Bertz CT molecular complexity index is 1310. The molecule has 3 amide bonds. The molecule has 1 aliphatic rings. The summed E-state index contributed by atoms with van der Waals surface area (Å²) < 4.78 is 32.3. The molecule has 0 spiro atoms. The molecule has 1 aromatic heterocycles. The maximum Gasteiger partial charge on any atom is 0.326 e. The van der Waals surface area contributed by atoms with Crippen LogP contribution < -0.4 is 24.8 Å². The van der Waals surface area contributed by atoms with Crippen molar-refractivity contribution in [2.75, 3.05) is 44.9 Å². The van der Waals surface area contributed by atoms with Crippen molar-refractivity contribution in [3.05, 3.63) is 48.4 Å². The number of anilines is 1. The van der Waals surface area contributed by atoms with Crippen LogP contribution >= 0.6 is 0 Å². The molecule has 0 saturated carbocycles. The molecule has 0 unspecified atom stereocenters. The lowest BCUT2D eigenvalue weighted by atomic mass is 9.98. The molecule has 4 rings (SSSR count). The topological polar surface area (TPSA) is 127 Å². The average molecular weight is 541 g/mol. The molecule has 10 nitrogen and oxygen atoms in total. The molecule has 3 aromatic rings. The van der Waals surface area contributed by atoms with Crippen molar-refractivity contribution in [1.82, 2.24) is 9.88 Å². The lowest BCUT2D eigenvalue weighted by Crippen LogP contribution is -2.39. The van der Waals surface area contributed by atoms with E-state index in [-0.39, 0.29) is 18.0 Å². The Morgan fingerprint density at radius 2 is 1.90 bits per heavy atom. The highest BCUT2D eigenvalue weighted by Crippen LogP contribution is 2.38. The van der Waals surface area contributed by atoms with Crippen LogP contribution in [0.2, 0.25) is 0 Å². The van der Waals surface area contributed by atoms with Gasteiger partial charge in [-0.1, -0.05) is 0 Å². The first-order valence-electron chi connectivity index (χ1n) is 12.8. The molecular formula is C28H33FN4O6. The summed E-state index contributed by atoms with van der Waals surface area (Å²) in [4.78, 5) is 30.7. The van der Waals surface area contributed by atoms with Crippen LogP contribution in [0.25, 0.3) is 10.9 Å². The molecule has 3 N–H and O–H groups in total. The van der Waals surface area contributed by atoms with E-state index in [1.807, 2.05) is 0 Å². The van der Waals surface area contributed by atoms with Gasteiger partial charge in [-0.2, -0.15) is 0 Å². The van der Waals surface area contributed by atoms with Gasteiger partial charge in [0.1, 0.15) is 5.75 Å². The molecule has 1 aliphatic heterocycles. The quantitative estimate of drug-likeness (QED) is 0.368. The number of halogens is 1. The number of likely N-dealkylation sites (tertiary alicyclic amines) is 1. The number of imide groups is 1. The van der Waals surface area contributed by atoms with Gasteiger partial charge in [-0.05, 0) is 62.5 Å². The van der Waals surface area contributed by atoms with Gasteiger partial charge in [-0.3, -0.25) is 9.78 Å². The first-order chi connectivity index (χ1) is 18.8. The fraction of sp³-hybridized carbons (Fsp3) is 0.393. The minimum absolute atomic E-state index is 0.00228. The lowest BCUT2D eigenvalue weighted by Gasteiger charge is -2.30. The molecule has 1 fully saturated rings. The van der Waals surface area contributed by atoms with Gasteiger partial charge in [-0.15, -0.1) is 0 Å². The predicted molar refractivity (Wildman–Crippen MR) is 144 cm³/mol. The molecule has 0 atom stereocenters. The number of aliphatic hydroxyl groups is 1. The third-order valence-electron chi connectivity index (χ3n) is 6.76. The number of benzene rings is 2. The Balaban J connectivity index is 1.46. The summed E-state index contributed by atoms with van der Waals surface area (Å²) in [6.07, 6.45) is 4.42. The number of piperidine rings is 1. The summed E-state index contributed by atoms with van der Waals surface area (Å²) in [7, 11) is 1.54. The fourth-order valence-electron chi connectivity index (χ4n) is 4.65. The Kier molecular flexibility index (Phi) is 9.15. The van der Waals surface area contributed by atoms with Crippen molar-refractivity contribution in [3.8, 4) is 23.0 Å². The monoisotopic (exact) mass is 540 g/mol. The molecule has 208 valence electrons. The molecule has 0 aliphatic carbocycles. The number of urea groups is 1. The fourth-order valence-corrected chi connectivity index (χ4v) is 4.65. The second-order valence-electron chi connectivity index (χ2n) is 9.41. The van der Waals surface area contributed by atoms with Gasteiger partial charge < -0.3 is 30.0 Å².